The van der Waals surface area contributed by atoms with Crippen LogP contribution in [-0.4, -0.2) is 17.8 Å². The Kier molecular flexibility index (Phi) is 5.68. The van der Waals surface area contributed by atoms with Gasteiger partial charge in [0, 0.05) is 10.9 Å². The number of aliphatic hydroxyl groups excluding tert-OH is 1. The first kappa shape index (κ1) is 14.8. The van der Waals surface area contributed by atoms with E-state index in [1.165, 1.54) is 24.8 Å². The summed E-state index contributed by atoms with van der Waals surface area (Å²) in [6.45, 7) is 0.587. The van der Waals surface area contributed by atoms with Crippen molar-refractivity contribution in [2.24, 2.45) is 11.7 Å². The predicted octanol–water partition coefficient (Wildman–Crippen LogP) is 3.71. The lowest BCUT2D eigenvalue weighted by molar-refractivity contribution is 0.0697. The van der Waals surface area contributed by atoms with Crippen LogP contribution in [0.5, 0.6) is 0 Å². The molecule has 0 aromatic heterocycles. The minimum Gasteiger partial charge on any atom is -0.393 e. The third-order valence-corrected chi connectivity index (χ3v) is 4.60. The minimum atomic E-state index is -0.218. The van der Waals surface area contributed by atoms with Gasteiger partial charge in [0.2, 0.25) is 0 Å². The molecule has 3 N–H and O–H groups in total. The van der Waals surface area contributed by atoms with E-state index in [0.29, 0.717) is 6.54 Å². The molecule has 106 valence electrons. The molecule has 0 bridgehead atoms. The zero-order valence-electron chi connectivity index (χ0n) is 11.4. The van der Waals surface area contributed by atoms with Crippen molar-refractivity contribution >= 4 is 11.6 Å². The van der Waals surface area contributed by atoms with Crippen LogP contribution in [0.3, 0.4) is 0 Å². The fourth-order valence-corrected chi connectivity index (χ4v) is 3.36. The van der Waals surface area contributed by atoms with Gasteiger partial charge in [0.05, 0.1) is 6.10 Å². The molecular weight excluding hydrogens is 258 g/mol. The van der Waals surface area contributed by atoms with Gasteiger partial charge in [-0.05, 0) is 43.0 Å². The second kappa shape index (κ2) is 7.28. The summed E-state index contributed by atoms with van der Waals surface area (Å²) in [5, 5.41) is 11.2. The molecule has 0 amide bonds. The molecule has 2 nitrogen and oxygen atoms in total. The van der Waals surface area contributed by atoms with Crippen molar-refractivity contribution in [3.63, 3.8) is 0 Å². The number of nitrogens with two attached hydrogens (primary N) is 1. The molecule has 19 heavy (non-hydrogen) atoms. The van der Waals surface area contributed by atoms with E-state index in [4.69, 9.17) is 17.3 Å². The summed E-state index contributed by atoms with van der Waals surface area (Å²) in [5.74, 6) is 0.525. The minimum absolute atomic E-state index is 0.218. The van der Waals surface area contributed by atoms with Gasteiger partial charge in [-0.2, -0.15) is 0 Å². The molecule has 0 aliphatic heterocycles. The van der Waals surface area contributed by atoms with Crippen LogP contribution in [0.1, 0.15) is 50.0 Å². The number of aliphatic hydroxyl groups is 1. The van der Waals surface area contributed by atoms with Crippen LogP contribution in [0, 0.1) is 5.92 Å². The number of rotatable bonds is 3. The topological polar surface area (TPSA) is 46.2 Å². The molecule has 2 rings (SSSR count). The van der Waals surface area contributed by atoms with Crippen molar-refractivity contribution in [1.82, 2.24) is 0 Å². The number of benzene rings is 1. The van der Waals surface area contributed by atoms with Crippen LogP contribution in [-0.2, 0) is 0 Å². The number of hydrogen-bond acceptors (Lipinski definition) is 2. The van der Waals surface area contributed by atoms with Crippen LogP contribution in [0.15, 0.2) is 24.3 Å². The highest BCUT2D eigenvalue weighted by Crippen LogP contribution is 2.34. The van der Waals surface area contributed by atoms with Crippen LogP contribution in [0.25, 0.3) is 0 Å². The molecule has 0 spiro atoms. The normalized spacial score (nSPS) is 26.5. The third kappa shape index (κ3) is 3.95. The van der Waals surface area contributed by atoms with E-state index in [1.807, 2.05) is 24.3 Å². The Morgan fingerprint density at radius 1 is 1.11 bits per heavy atom. The van der Waals surface area contributed by atoms with Gasteiger partial charge in [0.15, 0.2) is 0 Å². The zero-order chi connectivity index (χ0) is 13.7. The highest BCUT2D eigenvalue weighted by molar-refractivity contribution is 6.30. The Labute approximate surface area is 121 Å². The molecule has 1 aromatic carbocycles. The van der Waals surface area contributed by atoms with Gasteiger partial charge in [-0.25, -0.2) is 0 Å². The lowest BCUT2D eigenvalue weighted by Crippen LogP contribution is -2.32. The molecule has 3 unspecified atom stereocenters. The molecule has 0 heterocycles. The van der Waals surface area contributed by atoms with Gasteiger partial charge in [0.25, 0.3) is 0 Å². The van der Waals surface area contributed by atoms with Crippen molar-refractivity contribution in [2.45, 2.75) is 50.5 Å². The summed E-state index contributed by atoms with van der Waals surface area (Å²) in [5.41, 5.74) is 7.19. The van der Waals surface area contributed by atoms with Crippen LogP contribution in [0.4, 0.5) is 0 Å². The third-order valence-electron chi connectivity index (χ3n) is 4.35. The Hall–Kier alpha value is -0.570. The average Bonchev–Trinajstić information content (AvgIpc) is 2.40. The first-order valence-corrected chi connectivity index (χ1v) is 7.73. The van der Waals surface area contributed by atoms with Crippen molar-refractivity contribution in [2.75, 3.05) is 6.54 Å². The van der Waals surface area contributed by atoms with Crippen molar-refractivity contribution in [1.29, 1.82) is 0 Å². The standard InChI is InChI=1S/C16H24ClNO/c17-13-9-7-12(8-10-13)15(11-18)14-5-3-1-2-4-6-16(14)19/h7-10,14-16,19H,1-6,11,18H2. The maximum atomic E-state index is 10.4. The molecule has 1 fully saturated rings. The molecule has 0 radical (unpaired) electrons. The Balaban J connectivity index is 2.16. The number of hydrogen-bond donors (Lipinski definition) is 2. The molecule has 0 saturated heterocycles. The smallest absolute Gasteiger partial charge is 0.0574 e. The monoisotopic (exact) mass is 281 g/mol. The highest BCUT2D eigenvalue weighted by Gasteiger charge is 2.28. The van der Waals surface area contributed by atoms with E-state index in [9.17, 15) is 5.11 Å². The first-order chi connectivity index (χ1) is 9.22. The van der Waals surface area contributed by atoms with Gasteiger partial charge in [-0.3, -0.25) is 0 Å². The van der Waals surface area contributed by atoms with Gasteiger partial charge in [-0.1, -0.05) is 49.4 Å². The lowest BCUT2D eigenvalue weighted by Gasteiger charge is -2.32. The fourth-order valence-electron chi connectivity index (χ4n) is 3.23. The second-order valence-electron chi connectivity index (χ2n) is 5.62. The lowest BCUT2D eigenvalue weighted by atomic mass is 9.77. The van der Waals surface area contributed by atoms with E-state index < -0.39 is 0 Å². The van der Waals surface area contributed by atoms with Gasteiger partial charge in [0.1, 0.15) is 0 Å². The van der Waals surface area contributed by atoms with E-state index in [1.54, 1.807) is 0 Å². The molecule has 1 aliphatic rings. The van der Waals surface area contributed by atoms with E-state index >= 15 is 0 Å². The van der Waals surface area contributed by atoms with E-state index in [0.717, 1.165) is 24.3 Å². The largest absolute Gasteiger partial charge is 0.393 e. The summed E-state index contributed by atoms with van der Waals surface area (Å²) in [6.07, 6.45) is 6.63. The Morgan fingerprint density at radius 2 is 1.74 bits per heavy atom. The fraction of sp³-hybridized carbons (Fsp3) is 0.625. The summed E-state index contributed by atoms with van der Waals surface area (Å²) >= 11 is 5.94. The Bertz CT molecular complexity index is 379. The zero-order valence-corrected chi connectivity index (χ0v) is 12.1. The molecular formula is C16H24ClNO. The summed E-state index contributed by atoms with van der Waals surface area (Å²) < 4.78 is 0. The number of halogens is 1. The van der Waals surface area contributed by atoms with Crippen molar-refractivity contribution < 1.29 is 5.11 Å². The summed E-state index contributed by atoms with van der Waals surface area (Å²) in [7, 11) is 0. The average molecular weight is 282 g/mol. The van der Waals surface area contributed by atoms with Crippen molar-refractivity contribution in [3.8, 4) is 0 Å². The molecule has 1 saturated carbocycles. The maximum absolute atomic E-state index is 10.4. The Morgan fingerprint density at radius 3 is 2.37 bits per heavy atom. The van der Waals surface area contributed by atoms with Gasteiger partial charge < -0.3 is 10.8 Å². The van der Waals surface area contributed by atoms with Crippen LogP contribution in [0.2, 0.25) is 5.02 Å². The summed E-state index contributed by atoms with van der Waals surface area (Å²) in [4.78, 5) is 0. The van der Waals surface area contributed by atoms with Gasteiger partial charge in [-0.15, -0.1) is 0 Å². The molecule has 3 heteroatoms. The van der Waals surface area contributed by atoms with E-state index in [2.05, 4.69) is 0 Å². The van der Waals surface area contributed by atoms with Crippen molar-refractivity contribution in [3.05, 3.63) is 34.9 Å². The second-order valence-corrected chi connectivity index (χ2v) is 6.05. The predicted molar refractivity (Wildman–Crippen MR) is 80.4 cm³/mol. The summed E-state index contributed by atoms with van der Waals surface area (Å²) in [6, 6.07) is 7.92. The SMILES string of the molecule is NCC(c1ccc(Cl)cc1)C1CCCCCCC1O. The molecule has 3 atom stereocenters. The quantitative estimate of drug-likeness (QED) is 0.887. The maximum Gasteiger partial charge on any atom is 0.0574 e. The first-order valence-electron chi connectivity index (χ1n) is 7.36. The molecule has 1 aliphatic carbocycles. The van der Waals surface area contributed by atoms with Crippen LogP contribution < -0.4 is 5.73 Å². The molecule has 1 aromatic rings. The van der Waals surface area contributed by atoms with E-state index in [-0.39, 0.29) is 17.9 Å². The van der Waals surface area contributed by atoms with Gasteiger partial charge >= 0.3 is 0 Å². The highest BCUT2D eigenvalue weighted by atomic mass is 35.5. The van der Waals surface area contributed by atoms with Crippen LogP contribution >= 0.6 is 11.6 Å².